The van der Waals surface area contributed by atoms with Crippen LogP contribution in [0.15, 0.2) is 23.1 Å². The Balaban J connectivity index is 2.15. The van der Waals surface area contributed by atoms with Crippen molar-refractivity contribution in [2.75, 3.05) is 32.8 Å². The molecule has 1 fully saturated rings. The van der Waals surface area contributed by atoms with Crippen molar-refractivity contribution in [3.05, 3.63) is 28.8 Å². The van der Waals surface area contributed by atoms with Gasteiger partial charge in [-0.3, -0.25) is 10.1 Å². The van der Waals surface area contributed by atoms with E-state index in [-0.39, 0.29) is 41.8 Å². The van der Waals surface area contributed by atoms with E-state index in [4.69, 9.17) is 21.1 Å². The normalized spacial score (nSPS) is 16.0. The number of hydrogen-bond acceptors (Lipinski definition) is 7. The predicted molar refractivity (Wildman–Crippen MR) is 103 cm³/mol. The van der Waals surface area contributed by atoms with Crippen LogP contribution in [-0.2, 0) is 24.3 Å². The van der Waals surface area contributed by atoms with Crippen LogP contribution in [0.4, 0.5) is 4.79 Å². The summed E-state index contributed by atoms with van der Waals surface area (Å²) in [7, 11) is -3.85. The second kappa shape index (κ2) is 10.0. The zero-order valence-corrected chi connectivity index (χ0v) is 17.5. The van der Waals surface area contributed by atoms with E-state index >= 15 is 0 Å². The van der Waals surface area contributed by atoms with Crippen LogP contribution in [0.25, 0.3) is 0 Å². The average molecular weight is 448 g/mol. The highest BCUT2D eigenvalue weighted by molar-refractivity contribution is 7.89. The Morgan fingerprint density at radius 2 is 1.93 bits per heavy atom. The number of morpholine rings is 1. The molecule has 1 heterocycles. The van der Waals surface area contributed by atoms with Crippen LogP contribution in [0, 0.1) is 0 Å². The van der Waals surface area contributed by atoms with Crippen molar-refractivity contribution in [3.63, 3.8) is 0 Å². The third-order valence-corrected chi connectivity index (χ3v) is 6.22. The lowest BCUT2D eigenvalue weighted by atomic mass is 10.2. The molecule has 1 aromatic carbocycles. The number of amides is 3. The Hall–Kier alpha value is -2.21. The minimum Gasteiger partial charge on any atom is -0.449 e. The lowest BCUT2D eigenvalue weighted by molar-refractivity contribution is -0.127. The van der Waals surface area contributed by atoms with Crippen LogP contribution in [0.3, 0.4) is 0 Å². The lowest BCUT2D eigenvalue weighted by Gasteiger charge is -2.26. The molecule has 0 aliphatic carbocycles. The minimum absolute atomic E-state index is 0.0349. The van der Waals surface area contributed by atoms with Crippen LogP contribution in [0.2, 0.25) is 5.02 Å². The molecular weight excluding hydrogens is 426 g/mol. The highest BCUT2D eigenvalue weighted by atomic mass is 35.5. The Kier molecular flexibility index (Phi) is 7.96. The van der Waals surface area contributed by atoms with Gasteiger partial charge in [0.25, 0.3) is 5.91 Å². The number of carbonyl (C=O) groups excluding carboxylic acids is 3. The molecule has 0 bridgehead atoms. The standard InChI is InChI=1S/C17H22ClN3O7S/c1-3-19-17(24)20-15(22)11(2)28-16(23)13-10-12(4-5-14(13)18)29(25,26)21-6-8-27-9-7-21/h4-5,10-11H,3,6-9H2,1-2H3,(H2,19,20,22,24). The molecule has 1 aliphatic rings. The summed E-state index contributed by atoms with van der Waals surface area (Å²) in [6, 6.07) is 2.93. The van der Waals surface area contributed by atoms with E-state index in [1.807, 2.05) is 5.32 Å². The fraction of sp³-hybridized carbons (Fsp3) is 0.471. The number of benzene rings is 1. The number of rotatable bonds is 6. The summed E-state index contributed by atoms with van der Waals surface area (Å²) in [6.45, 7) is 4.21. The highest BCUT2D eigenvalue weighted by Crippen LogP contribution is 2.24. The molecule has 2 rings (SSSR count). The topological polar surface area (TPSA) is 131 Å². The predicted octanol–water partition coefficient (Wildman–Crippen LogP) is 0.752. The van der Waals surface area contributed by atoms with Crippen molar-refractivity contribution in [2.45, 2.75) is 24.8 Å². The molecule has 10 nitrogen and oxygen atoms in total. The van der Waals surface area contributed by atoms with E-state index in [1.54, 1.807) is 6.92 Å². The zero-order chi connectivity index (χ0) is 21.6. The molecule has 0 aromatic heterocycles. The third kappa shape index (κ3) is 5.89. The SMILES string of the molecule is CCNC(=O)NC(=O)C(C)OC(=O)c1cc(S(=O)(=O)N2CCOCC2)ccc1Cl. The van der Waals surface area contributed by atoms with Crippen LogP contribution in [0.1, 0.15) is 24.2 Å². The van der Waals surface area contributed by atoms with Gasteiger partial charge in [-0.2, -0.15) is 4.31 Å². The molecule has 2 N–H and O–H groups in total. The van der Waals surface area contributed by atoms with Gasteiger partial charge in [0.15, 0.2) is 6.10 Å². The molecule has 1 saturated heterocycles. The summed E-state index contributed by atoms with van der Waals surface area (Å²) in [5.41, 5.74) is -0.210. The molecule has 1 atom stereocenters. The van der Waals surface area contributed by atoms with Gasteiger partial charge in [0.1, 0.15) is 0 Å². The number of ether oxygens (including phenoxy) is 2. The summed E-state index contributed by atoms with van der Waals surface area (Å²) >= 11 is 6.02. The molecule has 29 heavy (non-hydrogen) atoms. The van der Waals surface area contributed by atoms with Gasteiger partial charge in [-0.1, -0.05) is 11.6 Å². The number of nitrogens with zero attached hydrogens (tertiary/aromatic N) is 1. The molecule has 1 aromatic rings. The van der Waals surface area contributed by atoms with E-state index in [0.717, 1.165) is 6.07 Å². The highest BCUT2D eigenvalue weighted by Gasteiger charge is 2.29. The maximum atomic E-state index is 12.8. The van der Waals surface area contributed by atoms with Crippen molar-refractivity contribution in [1.82, 2.24) is 14.9 Å². The van der Waals surface area contributed by atoms with Gasteiger partial charge in [0, 0.05) is 19.6 Å². The van der Waals surface area contributed by atoms with E-state index in [9.17, 15) is 22.8 Å². The summed E-state index contributed by atoms with van der Waals surface area (Å²) < 4.78 is 36.9. The number of esters is 1. The van der Waals surface area contributed by atoms with Crippen LogP contribution in [0.5, 0.6) is 0 Å². The average Bonchev–Trinajstić information content (AvgIpc) is 2.68. The number of urea groups is 1. The first-order valence-electron chi connectivity index (χ1n) is 8.84. The maximum Gasteiger partial charge on any atom is 0.340 e. The fourth-order valence-corrected chi connectivity index (χ4v) is 4.08. The number of carbonyl (C=O) groups is 3. The third-order valence-electron chi connectivity index (χ3n) is 3.99. The Morgan fingerprint density at radius 1 is 1.28 bits per heavy atom. The number of hydrogen-bond donors (Lipinski definition) is 2. The Morgan fingerprint density at radius 3 is 2.55 bits per heavy atom. The fourth-order valence-electron chi connectivity index (χ4n) is 2.45. The summed E-state index contributed by atoms with van der Waals surface area (Å²) in [5, 5.41) is 4.35. The Labute approximate surface area is 173 Å². The monoisotopic (exact) mass is 447 g/mol. The van der Waals surface area contributed by atoms with Gasteiger partial charge in [0.2, 0.25) is 10.0 Å². The molecule has 12 heteroatoms. The number of nitrogens with one attached hydrogen (secondary N) is 2. The molecule has 3 amide bonds. The van der Waals surface area contributed by atoms with Crippen molar-refractivity contribution in [1.29, 1.82) is 0 Å². The van der Waals surface area contributed by atoms with Crippen molar-refractivity contribution >= 4 is 39.5 Å². The zero-order valence-electron chi connectivity index (χ0n) is 15.9. The van der Waals surface area contributed by atoms with Crippen molar-refractivity contribution < 1.29 is 32.3 Å². The van der Waals surface area contributed by atoms with Gasteiger partial charge in [-0.05, 0) is 32.0 Å². The van der Waals surface area contributed by atoms with Gasteiger partial charge in [0.05, 0.1) is 28.7 Å². The van der Waals surface area contributed by atoms with Crippen molar-refractivity contribution in [2.24, 2.45) is 0 Å². The molecule has 0 spiro atoms. The van der Waals surface area contributed by atoms with Gasteiger partial charge < -0.3 is 14.8 Å². The maximum absolute atomic E-state index is 12.8. The van der Waals surface area contributed by atoms with E-state index in [2.05, 4.69) is 5.32 Å². The second-order valence-electron chi connectivity index (χ2n) is 6.05. The van der Waals surface area contributed by atoms with Gasteiger partial charge >= 0.3 is 12.0 Å². The largest absolute Gasteiger partial charge is 0.449 e. The summed E-state index contributed by atoms with van der Waals surface area (Å²) in [6.07, 6.45) is -1.30. The first-order chi connectivity index (χ1) is 13.7. The van der Waals surface area contributed by atoms with Crippen LogP contribution >= 0.6 is 11.6 Å². The van der Waals surface area contributed by atoms with Crippen LogP contribution < -0.4 is 10.6 Å². The molecule has 1 unspecified atom stereocenters. The molecule has 1 aliphatic heterocycles. The van der Waals surface area contributed by atoms with Gasteiger partial charge in [-0.25, -0.2) is 18.0 Å². The molecule has 160 valence electrons. The minimum atomic E-state index is -3.85. The smallest absolute Gasteiger partial charge is 0.340 e. The van der Waals surface area contributed by atoms with Crippen molar-refractivity contribution in [3.8, 4) is 0 Å². The van der Waals surface area contributed by atoms with E-state index in [0.29, 0.717) is 6.54 Å². The lowest BCUT2D eigenvalue weighted by Crippen LogP contribution is -2.44. The number of halogens is 1. The summed E-state index contributed by atoms with van der Waals surface area (Å²) in [5.74, 6) is -1.83. The molecular formula is C17H22ClN3O7S. The molecule has 0 radical (unpaired) electrons. The summed E-state index contributed by atoms with van der Waals surface area (Å²) in [4.78, 5) is 35.6. The number of imide groups is 1. The second-order valence-corrected chi connectivity index (χ2v) is 8.40. The molecule has 0 saturated carbocycles. The van der Waals surface area contributed by atoms with Crippen LogP contribution in [-0.4, -0.2) is 69.6 Å². The number of sulfonamides is 1. The van der Waals surface area contributed by atoms with Gasteiger partial charge in [-0.15, -0.1) is 0 Å². The Bertz CT molecular complexity index is 885. The van der Waals surface area contributed by atoms with E-state index in [1.165, 1.54) is 23.4 Å². The first-order valence-corrected chi connectivity index (χ1v) is 10.7. The first kappa shape index (κ1) is 23.1. The quantitative estimate of drug-likeness (QED) is 0.615. The van der Waals surface area contributed by atoms with E-state index < -0.39 is 34.0 Å².